The Labute approximate surface area is 87.2 Å². The van der Waals surface area contributed by atoms with Crippen LogP contribution in [0, 0.1) is 0 Å². The van der Waals surface area contributed by atoms with E-state index in [0.717, 1.165) is 6.08 Å². The van der Waals surface area contributed by atoms with Crippen molar-refractivity contribution in [3.63, 3.8) is 0 Å². The summed E-state index contributed by atoms with van der Waals surface area (Å²) in [7, 11) is -3.79. The van der Waals surface area contributed by atoms with Crippen molar-refractivity contribution in [2.24, 2.45) is 0 Å². The summed E-state index contributed by atoms with van der Waals surface area (Å²) >= 11 is 0. The van der Waals surface area contributed by atoms with Crippen LogP contribution in [0.5, 0.6) is 0 Å². The van der Waals surface area contributed by atoms with Crippen LogP contribution in [0.15, 0.2) is 12.7 Å². The molecule has 0 fully saturated rings. The minimum Gasteiger partial charge on any atom is -0.285 e. The first-order valence-corrected chi connectivity index (χ1v) is 3.88. The van der Waals surface area contributed by atoms with Gasteiger partial charge >= 0.3 is 6.68 Å². The molecule has 71 valence electrons. The summed E-state index contributed by atoms with van der Waals surface area (Å²) in [6.45, 7) is -0.560. The van der Waals surface area contributed by atoms with Gasteiger partial charge in [-0.25, -0.2) is 0 Å². The first kappa shape index (κ1) is 18.2. The van der Waals surface area contributed by atoms with Crippen molar-refractivity contribution in [2.75, 3.05) is 5.75 Å². The molecule has 1 radical (unpaired) electrons. The number of alkyl halides is 3. The molecule has 0 unspecified atom stereocenters. The average Bonchev–Trinajstić information content (AvgIpc) is 1.58. The molecule has 12 heavy (non-hydrogen) atoms. The maximum Gasteiger partial charge on any atom is 0.379 e. The molecule has 0 spiro atoms. The second-order valence-electron chi connectivity index (χ2n) is 1.28. The van der Waals surface area contributed by atoms with E-state index in [1.807, 2.05) is 0 Å². The summed E-state index contributed by atoms with van der Waals surface area (Å²) in [5.41, 5.74) is 0. The Hall–Kier alpha value is 0.310. The SMILES string of the molecule is C=CCS(=O)(=O)O.FC(F)F.[Sc]. The van der Waals surface area contributed by atoms with E-state index >= 15 is 0 Å². The Morgan fingerprint density at radius 2 is 1.67 bits per heavy atom. The third-order valence-electron chi connectivity index (χ3n) is 0.328. The third kappa shape index (κ3) is 48.1. The molecule has 0 rings (SSSR count). The van der Waals surface area contributed by atoms with Crippen molar-refractivity contribution >= 4 is 10.1 Å². The van der Waals surface area contributed by atoms with Gasteiger partial charge in [0.2, 0.25) is 0 Å². The molecule has 0 aromatic rings. The molecule has 0 amide bonds. The molecule has 3 nitrogen and oxygen atoms in total. The molecule has 0 atom stereocenters. The van der Waals surface area contributed by atoms with Crippen LogP contribution in [0.2, 0.25) is 0 Å². The van der Waals surface area contributed by atoms with E-state index in [-0.39, 0.29) is 31.6 Å². The second-order valence-corrected chi connectivity index (χ2v) is 2.78. The topological polar surface area (TPSA) is 54.4 Å². The Morgan fingerprint density at radius 3 is 1.67 bits per heavy atom. The van der Waals surface area contributed by atoms with Crippen LogP contribution in [0.3, 0.4) is 0 Å². The largest absolute Gasteiger partial charge is 0.379 e. The molecule has 0 aliphatic rings. The fourth-order valence-electron chi connectivity index (χ4n) is 0.149. The molecular formula is C4H7F3O3SSc. The van der Waals surface area contributed by atoms with E-state index in [4.69, 9.17) is 4.55 Å². The molecule has 1 N–H and O–H groups in total. The van der Waals surface area contributed by atoms with E-state index in [0.29, 0.717) is 0 Å². The molecule has 8 heteroatoms. The molecule has 0 aliphatic heterocycles. The first-order chi connectivity index (χ1) is 4.79. The van der Waals surface area contributed by atoms with E-state index in [1.165, 1.54) is 0 Å². The normalized spacial score (nSPS) is 9.42. The molecule has 0 saturated carbocycles. The van der Waals surface area contributed by atoms with Gasteiger partial charge in [0.05, 0.1) is 5.75 Å². The van der Waals surface area contributed by atoms with E-state index < -0.39 is 16.8 Å². The summed E-state index contributed by atoms with van der Waals surface area (Å²) in [6.07, 6.45) is 1.12. The van der Waals surface area contributed by atoms with Gasteiger partial charge in [-0.1, -0.05) is 6.08 Å². The zero-order chi connectivity index (χ0) is 9.49. The Bertz CT molecular complexity index is 189. The smallest absolute Gasteiger partial charge is 0.285 e. The van der Waals surface area contributed by atoms with Gasteiger partial charge in [0.15, 0.2) is 0 Å². The first-order valence-electron chi connectivity index (χ1n) is 2.28. The van der Waals surface area contributed by atoms with Crippen LogP contribution >= 0.6 is 0 Å². The monoisotopic (exact) mass is 237 g/mol. The Morgan fingerprint density at radius 1 is 1.42 bits per heavy atom. The van der Waals surface area contributed by atoms with Crippen LogP contribution in [-0.2, 0) is 36.0 Å². The number of rotatable bonds is 2. The number of hydrogen-bond donors (Lipinski definition) is 1. The van der Waals surface area contributed by atoms with Gasteiger partial charge in [-0.15, -0.1) is 6.58 Å². The van der Waals surface area contributed by atoms with Gasteiger partial charge in [-0.3, -0.25) is 4.55 Å². The van der Waals surface area contributed by atoms with Gasteiger partial charge in [-0.2, -0.15) is 21.6 Å². The molecule has 0 bridgehead atoms. The van der Waals surface area contributed by atoms with Crippen molar-refractivity contribution in [2.45, 2.75) is 6.68 Å². The summed E-state index contributed by atoms with van der Waals surface area (Å²) in [6, 6.07) is 0. The predicted octanol–water partition coefficient (Wildman–Crippen LogP) is 1.24. The maximum atomic E-state index is 9.72. The number of halogens is 3. The molecule has 0 aromatic carbocycles. The fourth-order valence-corrected chi connectivity index (χ4v) is 0.447. The Balaban J connectivity index is -0.000000142. The van der Waals surface area contributed by atoms with Crippen LogP contribution < -0.4 is 0 Å². The minimum atomic E-state index is -3.79. The number of hydrogen-bond acceptors (Lipinski definition) is 2. The third-order valence-corrected chi connectivity index (χ3v) is 0.985. The standard InChI is InChI=1S/C3H6O3S.CHF3.Sc/c1-2-3-7(4,5)6;2-1(3)4;/h2H,1,3H2,(H,4,5,6);1H;. The van der Waals surface area contributed by atoms with Crippen molar-refractivity contribution in [3.8, 4) is 0 Å². The molecule has 0 aromatic heterocycles. The van der Waals surface area contributed by atoms with Crippen molar-refractivity contribution in [1.82, 2.24) is 0 Å². The zero-order valence-electron chi connectivity index (χ0n) is 5.95. The molecule has 0 saturated heterocycles. The quantitative estimate of drug-likeness (QED) is 0.580. The molecule has 0 heterocycles. The predicted molar refractivity (Wildman–Crippen MR) is 33.7 cm³/mol. The van der Waals surface area contributed by atoms with Gasteiger partial charge in [-0.05, 0) is 0 Å². The van der Waals surface area contributed by atoms with Gasteiger partial charge in [0, 0.05) is 25.8 Å². The van der Waals surface area contributed by atoms with Crippen molar-refractivity contribution < 1.29 is 52.0 Å². The van der Waals surface area contributed by atoms with Gasteiger partial charge in [0.25, 0.3) is 10.1 Å². The van der Waals surface area contributed by atoms with E-state index in [1.54, 1.807) is 0 Å². The summed E-state index contributed by atoms with van der Waals surface area (Å²) in [5, 5.41) is 0. The van der Waals surface area contributed by atoms with Crippen molar-refractivity contribution in [3.05, 3.63) is 12.7 Å². The minimum absolute atomic E-state index is 0. The summed E-state index contributed by atoms with van der Waals surface area (Å²) in [4.78, 5) is 0. The van der Waals surface area contributed by atoms with Crippen LogP contribution in [0.1, 0.15) is 0 Å². The van der Waals surface area contributed by atoms with E-state index in [2.05, 4.69) is 6.58 Å². The van der Waals surface area contributed by atoms with Gasteiger partial charge < -0.3 is 0 Å². The van der Waals surface area contributed by atoms with Crippen LogP contribution in [0.25, 0.3) is 0 Å². The van der Waals surface area contributed by atoms with Crippen molar-refractivity contribution in [1.29, 1.82) is 0 Å². The second kappa shape index (κ2) is 9.40. The van der Waals surface area contributed by atoms with Crippen LogP contribution in [0.4, 0.5) is 13.2 Å². The van der Waals surface area contributed by atoms with Gasteiger partial charge in [0.1, 0.15) is 0 Å². The maximum absolute atomic E-state index is 9.72. The summed E-state index contributed by atoms with van der Waals surface area (Å²) in [5.74, 6) is -0.368. The average molecular weight is 237 g/mol. The van der Waals surface area contributed by atoms with Crippen LogP contribution in [-0.4, -0.2) is 25.4 Å². The Kier molecular flexibility index (Phi) is 14.2. The molecule has 0 aliphatic carbocycles. The fraction of sp³-hybridized carbons (Fsp3) is 0.500. The zero-order valence-corrected chi connectivity index (χ0v) is 8.57. The van der Waals surface area contributed by atoms with E-state index in [9.17, 15) is 21.6 Å². The summed E-state index contributed by atoms with van der Waals surface area (Å²) < 4.78 is 56.3. The molecular weight excluding hydrogens is 230 g/mol.